The van der Waals surface area contributed by atoms with E-state index in [0.717, 1.165) is 6.42 Å². The number of hydrogen-bond donors (Lipinski definition) is 2. The van der Waals surface area contributed by atoms with E-state index in [1.807, 2.05) is 34.6 Å². The van der Waals surface area contributed by atoms with Crippen molar-refractivity contribution in [3.05, 3.63) is 29.6 Å². The molecule has 1 aromatic heterocycles. The lowest BCUT2D eigenvalue weighted by molar-refractivity contribution is 0.0919. The first-order valence-corrected chi connectivity index (χ1v) is 6.82. The lowest BCUT2D eigenvalue weighted by Crippen LogP contribution is -2.40. The maximum Gasteiger partial charge on any atom is 0.270 e. The highest BCUT2D eigenvalue weighted by molar-refractivity contribution is 5.98. The van der Waals surface area contributed by atoms with Gasteiger partial charge in [-0.05, 0) is 46.2 Å². The number of carbonyl (C=O) groups is 2. The van der Waals surface area contributed by atoms with Crippen LogP contribution in [-0.2, 0) is 0 Å². The summed E-state index contributed by atoms with van der Waals surface area (Å²) in [6.07, 6.45) is 2.32. The Bertz CT molecular complexity index is 492. The predicted molar refractivity (Wildman–Crippen MR) is 78.7 cm³/mol. The molecule has 5 nitrogen and oxygen atoms in total. The molecule has 0 aliphatic carbocycles. The molecule has 1 atom stereocenters. The largest absolute Gasteiger partial charge is 0.348 e. The number of amides is 2. The molecule has 1 unspecified atom stereocenters. The zero-order chi connectivity index (χ0) is 15.3. The Balaban J connectivity index is 2.85. The molecule has 0 saturated heterocycles. The van der Waals surface area contributed by atoms with Gasteiger partial charge in [-0.3, -0.25) is 14.6 Å². The van der Waals surface area contributed by atoms with Gasteiger partial charge in [0.2, 0.25) is 0 Å². The molecule has 2 amide bonds. The molecule has 0 bridgehead atoms. The summed E-state index contributed by atoms with van der Waals surface area (Å²) in [4.78, 5) is 28.0. The van der Waals surface area contributed by atoms with Gasteiger partial charge in [0, 0.05) is 23.3 Å². The zero-order valence-electron chi connectivity index (χ0n) is 12.8. The van der Waals surface area contributed by atoms with Crippen LogP contribution in [0.3, 0.4) is 0 Å². The lowest BCUT2D eigenvalue weighted by atomic mass is 10.1. The van der Waals surface area contributed by atoms with Crippen molar-refractivity contribution in [2.45, 2.75) is 52.6 Å². The van der Waals surface area contributed by atoms with E-state index in [0.29, 0.717) is 5.56 Å². The summed E-state index contributed by atoms with van der Waals surface area (Å²) in [7, 11) is 0. The Hall–Kier alpha value is -1.91. The molecule has 0 saturated carbocycles. The van der Waals surface area contributed by atoms with Gasteiger partial charge in [0.05, 0.1) is 0 Å². The van der Waals surface area contributed by atoms with E-state index in [4.69, 9.17) is 0 Å². The molecule has 1 rings (SSSR count). The maximum atomic E-state index is 12.0. The van der Waals surface area contributed by atoms with Crippen molar-refractivity contribution in [3.8, 4) is 0 Å². The molecule has 0 spiro atoms. The molecular formula is C15H23N3O2. The Morgan fingerprint density at radius 3 is 2.50 bits per heavy atom. The molecule has 110 valence electrons. The number of aromatic nitrogens is 1. The van der Waals surface area contributed by atoms with Gasteiger partial charge in [-0.2, -0.15) is 0 Å². The second-order valence-corrected chi connectivity index (χ2v) is 5.92. The molecule has 0 aromatic carbocycles. The van der Waals surface area contributed by atoms with E-state index in [2.05, 4.69) is 15.6 Å². The molecule has 20 heavy (non-hydrogen) atoms. The average molecular weight is 277 g/mol. The second-order valence-electron chi connectivity index (χ2n) is 5.92. The van der Waals surface area contributed by atoms with Gasteiger partial charge in [-0.1, -0.05) is 6.92 Å². The summed E-state index contributed by atoms with van der Waals surface area (Å²) in [5, 5.41) is 5.68. The van der Waals surface area contributed by atoms with E-state index >= 15 is 0 Å². The van der Waals surface area contributed by atoms with Gasteiger partial charge in [0.15, 0.2) is 0 Å². The summed E-state index contributed by atoms with van der Waals surface area (Å²) in [6, 6.07) is 3.19. The van der Waals surface area contributed by atoms with E-state index in [-0.39, 0.29) is 29.1 Å². The molecule has 0 aliphatic heterocycles. The van der Waals surface area contributed by atoms with Gasteiger partial charge in [-0.15, -0.1) is 0 Å². The van der Waals surface area contributed by atoms with Gasteiger partial charge < -0.3 is 10.6 Å². The predicted octanol–water partition coefficient (Wildman–Crippen LogP) is 2.14. The van der Waals surface area contributed by atoms with Crippen molar-refractivity contribution in [1.29, 1.82) is 0 Å². The first-order chi connectivity index (χ1) is 9.23. The first kappa shape index (κ1) is 16.1. The van der Waals surface area contributed by atoms with Crippen molar-refractivity contribution >= 4 is 11.8 Å². The number of rotatable bonds is 4. The van der Waals surface area contributed by atoms with Crippen LogP contribution in [0.2, 0.25) is 0 Å². The van der Waals surface area contributed by atoms with Gasteiger partial charge in [0.1, 0.15) is 5.69 Å². The lowest BCUT2D eigenvalue weighted by Gasteiger charge is -2.20. The number of nitrogens with zero attached hydrogens (tertiary/aromatic N) is 1. The topological polar surface area (TPSA) is 71.1 Å². The Labute approximate surface area is 120 Å². The molecule has 2 N–H and O–H groups in total. The highest BCUT2D eigenvalue weighted by atomic mass is 16.2. The van der Waals surface area contributed by atoms with Crippen molar-refractivity contribution in [2.24, 2.45) is 0 Å². The summed E-state index contributed by atoms with van der Waals surface area (Å²) < 4.78 is 0. The monoisotopic (exact) mass is 277 g/mol. The Morgan fingerprint density at radius 1 is 1.30 bits per heavy atom. The van der Waals surface area contributed by atoms with Crippen LogP contribution >= 0.6 is 0 Å². The molecule has 1 aromatic rings. The number of carbonyl (C=O) groups excluding carboxylic acids is 2. The summed E-state index contributed by atoms with van der Waals surface area (Å²) >= 11 is 0. The fraction of sp³-hybridized carbons (Fsp3) is 0.533. The van der Waals surface area contributed by atoms with E-state index < -0.39 is 0 Å². The van der Waals surface area contributed by atoms with Crippen LogP contribution in [0.5, 0.6) is 0 Å². The third kappa shape index (κ3) is 4.99. The average Bonchev–Trinajstić information content (AvgIpc) is 2.36. The zero-order valence-corrected chi connectivity index (χ0v) is 12.8. The van der Waals surface area contributed by atoms with Gasteiger partial charge in [0.25, 0.3) is 11.8 Å². The SMILES string of the molecule is CCC(C)NC(=O)c1cc(C(=O)NC(C)(C)C)ccn1. The van der Waals surface area contributed by atoms with E-state index in [9.17, 15) is 9.59 Å². The normalized spacial score (nSPS) is 12.7. The highest BCUT2D eigenvalue weighted by Crippen LogP contribution is 2.06. The number of hydrogen-bond acceptors (Lipinski definition) is 3. The van der Waals surface area contributed by atoms with Crippen LogP contribution in [0.15, 0.2) is 18.3 Å². The first-order valence-electron chi connectivity index (χ1n) is 6.82. The number of nitrogens with one attached hydrogen (secondary N) is 2. The minimum absolute atomic E-state index is 0.0800. The van der Waals surface area contributed by atoms with Crippen LogP contribution in [0.4, 0.5) is 0 Å². The van der Waals surface area contributed by atoms with E-state index in [1.54, 1.807) is 6.07 Å². The molecule has 0 aliphatic rings. The minimum atomic E-state index is -0.320. The van der Waals surface area contributed by atoms with Crippen LogP contribution in [0, 0.1) is 0 Å². The molecule has 0 radical (unpaired) electrons. The summed E-state index contributed by atoms with van der Waals surface area (Å²) in [5.74, 6) is -0.470. The Morgan fingerprint density at radius 2 is 1.95 bits per heavy atom. The molecule has 5 heteroatoms. The third-order valence-corrected chi connectivity index (χ3v) is 2.73. The van der Waals surface area contributed by atoms with Crippen LogP contribution in [-0.4, -0.2) is 28.4 Å². The van der Waals surface area contributed by atoms with Crippen LogP contribution in [0.25, 0.3) is 0 Å². The quantitative estimate of drug-likeness (QED) is 0.885. The maximum absolute atomic E-state index is 12.0. The van der Waals surface area contributed by atoms with Gasteiger partial charge in [-0.25, -0.2) is 0 Å². The molecular weight excluding hydrogens is 254 g/mol. The van der Waals surface area contributed by atoms with Gasteiger partial charge >= 0.3 is 0 Å². The fourth-order valence-electron chi connectivity index (χ4n) is 1.51. The summed E-state index contributed by atoms with van der Waals surface area (Å²) in [5.41, 5.74) is 0.371. The van der Waals surface area contributed by atoms with Crippen molar-refractivity contribution in [1.82, 2.24) is 15.6 Å². The van der Waals surface area contributed by atoms with Crippen molar-refractivity contribution in [2.75, 3.05) is 0 Å². The van der Waals surface area contributed by atoms with Crippen LogP contribution in [0.1, 0.15) is 61.9 Å². The second kappa shape index (κ2) is 6.50. The summed E-state index contributed by atoms with van der Waals surface area (Å²) in [6.45, 7) is 9.63. The molecule has 0 fully saturated rings. The Kier molecular flexibility index (Phi) is 5.25. The molecule has 1 heterocycles. The highest BCUT2D eigenvalue weighted by Gasteiger charge is 2.17. The standard InChI is InChI=1S/C15H23N3O2/c1-6-10(2)17-14(20)12-9-11(7-8-16-12)13(19)18-15(3,4)5/h7-10H,6H2,1-5H3,(H,17,20)(H,18,19). The smallest absolute Gasteiger partial charge is 0.270 e. The van der Waals surface area contributed by atoms with Crippen molar-refractivity contribution < 1.29 is 9.59 Å². The van der Waals surface area contributed by atoms with Crippen molar-refractivity contribution in [3.63, 3.8) is 0 Å². The van der Waals surface area contributed by atoms with E-state index in [1.165, 1.54) is 12.3 Å². The van der Waals surface area contributed by atoms with Crippen LogP contribution < -0.4 is 10.6 Å². The fourth-order valence-corrected chi connectivity index (χ4v) is 1.51. The number of pyridine rings is 1. The third-order valence-electron chi connectivity index (χ3n) is 2.73. The minimum Gasteiger partial charge on any atom is -0.348 e.